The smallest absolute Gasteiger partial charge is 0.746 e. The molecule has 1 heterocycles. The maximum Gasteiger partial charge on any atom is 1.00 e. The molecule has 78 valence electrons. The number of rotatable bonds is 2. The summed E-state index contributed by atoms with van der Waals surface area (Å²) in [6, 6.07) is -0.635. The van der Waals surface area contributed by atoms with E-state index in [1.807, 2.05) is 0 Å². The number of piperidine rings is 1. The van der Waals surface area contributed by atoms with Crippen molar-refractivity contribution in [2.75, 3.05) is 6.54 Å². The number of hydrogen-bond acceptors (Lipinski definition) is 5. The minimum absolute atomic E-state index is 0. The minimum Gasteiger partial charge on any atom is -0.746 e. The molecular formula is C7H14NNaO4S. The van der Waals surface area contributed by atoms with Gasteiger partial charge >= 0.3 is 29.6 Å². The van der Waals surface area contributed by atoms with Crippen LogP contribution in [0.25, 0.3) is 0 Å². The average Bonchev–Trinajstić information content (AvgIpc) is 2.04. The van der Waals surface area contributed by atoms with Crippen molar-refractivity contribution >= 4 is 10.1 Å². The van der Waals surface area contributed by atoms with Crippen LogP contribution in [-0.4, -0.2) is 35.6 Å². The Bertz CT molecular complexity index is 271. The van der Waals surface area contributed by atoms with Gasteiger partial charge in [-0.15, -0.1) is 0 Å². The Hall–Kier alpha value is 0.830. The van der Waals surface area contributed by atoms with Crippen molar-refractivity contribution in [3.05, 3.63) is 0 Å². The Morgan fingerprint density at radius 1 is 1.50 bits per heavy atom. The van der Waals surface area contributed by atoms with Crippen LogP contribution in [0.2, 0.25) is 0 Å². The molecule has 0 aromatic heterocycles. The van der Waals surface area contributed by atoms with Crippen molar-refractivity contribution in [1.29, 1.82) is 0 Å². The minimum atomic E-state index is -4.66. The first-order valence-corrected chi connectivity index (χ1v) is 5.68. The normalized spacial score (nSPS) is 27.5. The summed E-state index contributed by atoms with van der Waals surface area (Å²) in [6.07, 6.45) is 2.31. The zero-order valence-electron chi connectivity index (χ0n) is 8.49. The van der Waals surface area contributed by atoms with E-state index in [1.54, 1.807) is 0 Å². The Balaban J connectivity index is 0.00000169. The van der Waals surface area contributed by atoms with E-state index in [2.05, 4.69) is 5.32 Å². The van der Waals surface area contributed by atoms with Gasteiger partial charge in [0, 0.05) is 6.04 Å². The van der Waals surface area contributed by atoms with E-state index in [0.717, 1.165) is 19.8 Å². The molecule has 1 fully saturated rings. The molecule has 0 bridgehead atoms. The van der Waals surface area contributed by atoms with E-state index >= 15 is 0 Å². The Morgan fingerprint density at radius 3 is 2.43 bits per heavy atom. The van der Waals surface area contributed by atoms with E-state index in [9.17, 15) is 18.1 Å². The Labute approximate surface area is 106 Å². The van der Waals surface area contributed by atoms with Crippen LogP contribution in [0.4, 0.5) is 0 Å². The second-order valence-corrected chi connectivity index (χ2v) is 5.25. The van der Waals surface area contributed by atoms with Crippen LogP contribution in [0.1, 0.15) is 26.2 Å². The summed E-state index contributed by atoms with van der Waals surface area (Å²) in [7, 11) is -4.66. The van der Waals surface area contributed by atoms with E-state index in [1.165, 1.54) is 0 Å². The fourth-order valence-corrected chi connectivity index (χ4v) is 2.03. The largest absolute Gasteiger partial charge is 1.00 e. The van der Waals surface area contributed by atoms with Crippen LogP contribution in [-0.2, 0) is 10.1 Å². The second-order valence-electron chi connectivity index (χ2n) is 3.51. The summed E-state index contributed by atoms with van der Waals surface area (Å²) in [6.45, 7) is 1.70. The van der Waals surface area contributed by atoms with Crippen LogP contribution >= 0.6 is 0 Å². The number of aliphatic hydroxyl groups is 1. The van der Waals surface area contributed by atoms with Gasteiger partial charge in [0.25, 0.3) is 0 Å². The summed E-state index contributed by atoms with van der Waals surface area (Å²) in [5, 5.41) is 12.3. The van der Waals surface area contributed by atoms with Crippen LogP contribution in [0.15, 0.2) is 0 Å². The topological polar surface area (TPSA) is 89.5 Å². The van der Waals surface area contributed by atoms with Gasteiger partial charge < -0.3 is 15.0 Å². The molecule has 0 aliphatic carbocycles. The molecular weight excluding hydrogens is 217 g/mol. The fraction of sp³-hybridized carbons (Fsp3) is 1.00. The van der Waals surface area contributed by atoms with E-state index < -0.39 is 21.1 Å². The SMILES string of the molecule is CC(O)(C1CCCCN1)S(=O)(=O)[O-].[Na+]. The van der Waals surface area contributed by atoms with E-state index in [0.29, 0.717) is 13.0 Å². The molecule has 5 nitrogen and oxygen atoms in total. The van der Waals surface area contributed by atoms with Gasteiger partial charge in [-0.3, -0.25) is 0 Å². The van der Waals surface area contributed by atoms with Crippen LogP contribution in [0.5, 0.6) is 0 Å². The third-order valence-electron chi connectivity index (χ3n) is 2.46. The molecule has 1 aliphatic heterocycles. The molecule has 0 radical (unpaired) electrons. The molecule has 2 atom stereocenters. The summed E-state index contributed by atoms with van der Waals surface area (Å²) in [4.78, 5) is -2.19. The molecule has 0 aromatic rings. The molecule has 1 rings (SSSR count). The molecule has 1 saturated heterocycles. The first-order valence-electron chi connectivity index (χ1n) is 4.27. The summed E-state index contributed by atoms with van der Waals surface area (Å²) < 4.78 is 32.1. The summed E-state index contributed by atoms with van der Waals surface area (Å²) in [5.74, 6) is 0. The van der Waals surface area contributed by atoms with Gasteiger partial charge in [0.2, 0.25) is 0 Å². The van der Waals surface area contributed by atoms with Gasteiger partial charge in [0.15, 0.2) is 4.93 Å². The molecule has 14 heavy (non-hydrogen) atoms. The number of nitrogens with one attached hydrogen (secondary N) is 1. The van der Waals surface area contributed by atoms with Gasteiger partial charge in [-0.05, 0) is 26.3 Å². The van der Waals surface area contributed by atoms with Crippen molar-refractivity contribution in [3.8, 4) is 0 Å². The van der Waals surface area contributed by atoms with Crippen molar-refractivity contribution < 1.29 is 47.6 Å². The molecule has 0 saturated carbocycles. The Kier molecular flexibility index (Phi) is 5.56. The summed E-state index contributed by atoms with van der Waals surface area (Å²) >= 11 is 0. The van der Waals surface area contributed by atoms with E-state index in [-0.39, 0.29) is 29.6 Å². The summed E-state index contributed by atoms with van der Waals surface area (Å²) in [5.41, 5.74) is 0. The quantitative estimate of drug-likeness (QED) is 0.378. The van der Waals surface area contributed by atoms with Crippen molar-refractivity contribution in [1.82, 2.24) is 5.32 Å². The maximum atomic E-state index is 10.7. The van der Waals surface area contributed by atoms with Gasteiger partial charge in [-0.1, -0.05) is 6.42 Å². The zero-order chi connectivity index (χ0) is 10.1. The van der Waals surface area contributed by atoms with Crippen LogP contribution in [0, 0.1) is 0 Å². The number of hydrogen-bond donors (Lipinski definition) is 2. The van der Waals surface area contributed by atoms with Gasteiger partial charge in [-0.25, -0.2) is 8.42 Å². The van der Waals surface area contributed by atoms with E-state index in [4.69, 9.17) is 0 Å². The molecule has 2 N–H and O–H groups in total. The molecule has 1 aliphatic rings. The second kappa shape index (κ2) is 5.25. The maximum absolute atomic E-state index is 10.7. The first-order chi connectivity index (χ1) is 5.86. The van der Waals surface area contributed by atoms with Crippen LogP contribution in [0.3, 0.4) is 0 Å². The third-order valence-corrected chi connectivity index (χ3v) is 3.76. The van der Waals surface area contributed by atoms with Crippen LogP contribution < -0.4 is 34.9 Å². The average molecular weight is 231 g/mol. The standard InChI is InChI=1S/C7H15NO4S.Na/c1-7(9,13(10,11)12)6-4-2-3-5-8-6;/h6,8-9H,2-5H2,1H3,(H,10,11,12);/q;+1/p-1. The zero-order valence-corrected chi connectivity index (χ0v) is 11.3. The molecule has 0 aromatic carbocycles. The predicted molar refractivity (Wildman–Crippen MR) is 46.0 cm³/mol. The molecule has 7 heteroatoms. The van der Waals surface area contributed by atoms with Crippen molar-refractivity contribution in [2.45, 2.75) is 37.2 Å². The molecule has 0 spiro atoms. The van der Waals surface area contributed by atoms with Gasteiger partial charge in [0.1, 0.15) is 10.1 Å². The third kappa shape index (κ3) is 3.16. The van der Waals surface area contributed by atoms with Gasteiger partial charge in [-0.2, -0.15) is 0 Å². The monoisotopic (exact) mass is 231 g/mol. The fourth-order valence-electron chi connectivity index (χ4n) is 1.48. The predicted octanol–water partition coefficient (Wildman–Crippen LogP) is -3.61. The Morgan fingerprint density at radius 2 is 2.07 bits per heavy atom. The molecule has 0 amide bonds. The molecule has 2 unspecified atom stereocenters. The van der Waals surface area contributed by atoms with Crippen molar-refractivity contribution in [3.63, 3.8) is 0 Å². The van der Waals surface area contributed by atoms with Gasteiger partial charge in [0.05, 0.1) is 0 Å². The first kappa shape index (κ1) is 14.8. The van der Waals surface area contributed by atoms with Crippen molar-refractivity contribution in [2.24, 2.45) is 0 Å².